The van der Waals surface area contributed by atoms with Crippen LogP contribution in [0.15, 0.2) is 0 Å². The fraction of sp³-hybridized carbons (Fsp3) is 0.909. The van der Waals surface area contributed by atoms with E-state index in [1.165, 1.54) is 0 Å². The molecule has 2 atom stereocenters. The topological polar surface area (TPSA) is 50.4 Å². The van der Waals surface area contributed by atoms with Crippen molar-refractivity contribution in [3.63, 3.8) is 0 Å². The molecule has 2 unspecified atom stereocenters. The van der Waals surface area contributed by atoms with Crippen LogP contribution in [0.3, 0.4) is 0 Å². The first-order chi connectivity index (χ1) is 7.27. The smallest absolute Gasteiger partial charge is 0.224 e. The van der Waals surface area contributed by atoms with Crippen LogP contribution in [0.1, 0.15) is 26.2 Å². The average molecular weight is 214 g/mol. The van der Waals surface area contributed by atoms with Crippen molar-refractivity contribution in [1.82, 2.24) is 10.6 Å². The zero-order chi connectivity index (χ0) is 11.1. The van der Waals surface area contributed by atoms with Crippen molar-refractivity contribution in [3.05, 3.63) is 0 Å². The van der Waals surface area contributed by atoms with E-state index >= 15 is 0 Å². The van der Waals surface area contributed by atoms with Crippen molar-refractivity contribution in [2.24, 2.45) is 5.92 Å². The number of nitrogens with one attached hydrogen (secondary N) is 2. The van der Waals surface area contributed by atoms with E-state index in [-0.39, 0.29) is 17.9 Å². The first-order valence-electron chi connectivity index (χ1n) is 5.78. The Labute approximate surface area is 91.8 Å². The predicted molar refractivity (Wildman–Crippen MR) is 59.7 cm³/mol. The molecule has 2 N–H and O–H groups in total. The molecule has 1 rings (SSSR count). The molecule has 88 valence electrons. The Morgan fingerprint density at radius 2 is 2.47 bits per heavy atom. The highest BCUT2D eigenvalue weighted by Crippen LogP contribution is 2.08. The quantitative estimate of drug-likeness (QED) is 0.678. The minimum atomic E-state index is 0.154. The van der Waals surface area contributed by atoms with Crippen LogP contribution in [-0.2, 0) is 9.53 Å². The SMILES string of the molecule is CCCC(COC)NC(=O)C1CCNC1. The van der Waals surface area contributed by atoms with Gasteiger partial charge >= 0.3 is 0 Å². The third-order valence-corrected chi connectivity index (χ3v) is 2.78. The highest BCUT2D eigenvalue weighted by Gasteiger charge is 2.23. The van der Waals surface area contributed by atoms with Gasteiger partial charge in [-0.1, -0.05) is 13.3 Å². The average Bonchev–Trinajstić information content (AvgIpc) is 2.71. The summed E-state index contributed by atoms with van der Waals surface area (Å²) >= 11 is 0. The van der Waals surface area contributed by atoms with Crippen LogP contribution in [0.2, 0.25) is 0 Å². The second-order valence-corrected chi connectivity index (χ2v) is 4.14. The number of ether oxygens (including phenoxy) is 1. The minimum Gasteiger partial charge on any atom is -0.383 e. The molecule has 1 heterocycles. The molecule has 1 aliphatic heterocycles. The first kappa shape index (κ1) is 12.5. The monoisotopic (exact) mass is 214 g/mol. The lowest BCUT2D eigenvalue weighted by molar-refractivity contribution is -0.125. The Bertz CT molecular complexity index is 185. The van der Waals surface area contributed by atoms with E-state index in [2.05, 4.69) is 17.6 Å². The molecule has 0 spiro atoms. The fourth-order valence-electron chi connectivity index (χ4n) is 1.94. The maximum atomic E-state index is 11.8. The molecule has 0 aliphatic carbocycles. The van der Waals surface area contributed by atoms with E-state index < -0.39 is 0 Å². The molecule has 15 heavy (non-hydrogen) atoms. The van der Waals surface area contributed by atoms with E-state index in [9.17, 15) is 4.79 Å². The normalized spacial score (nSPS) is 22.7. The maximum absolute atomic E-state index is 11.8. The van der Waals surface area contributed by atoms with E-state index in [1.54, 1.807) is 7.11 Å². The number of hydrogen-bond donors (Lipinski definition) is 2. The van der Waals surface area contributed by atoms with Gasteiger partial charge in [-0.25, -0.2) is 0 Å². The van der Waals surface area contributed by atoms with Gasteiger partial charge in [0, 0.05) is 13.7 Å². The number of carbonyl (C=O) groups is 1. The third kappa shape index (κ3) is 4.18. The molecule has 1 aliphatic rings. The Hall–Kier alpha value is -0.610. The Balaban J connectivity index is 2.31. The summed E-state index contributed by atoms with van der Waals surface area (Å²) in [5, 5.41) is 6.26. The standard InChI is InChI=1S/C11H22N2O2/c1-3-4-10(8-15-2)13-11(14)9-5-6-12-7-9/h9-10,12H,3-8H2,1-2H3,(H,13,14). The van der Waals surface area contributed by atoms with Gasteiger partial charge in [0.05, 0.1) is 18.6 Å². The van der Waals surface area contributed by atoms with Gasteiger partial charge in [0.1, 0.15) is 0 Å². The minimum absolute atomic E-state index is 0.154. The second kappa shape index (κ2) is 6.80. The number of rotatable bonds is 6. The molecule has 0 aromatic rings. The molecule has 4 heteroatoms. The molecule has 1 fully saturated rings. The van der Waals surface area contributed by atoms with Crippen LogP contribution in [0.4, 0.5) is 0 Å². The van der Waals surface area contributed by atoms with Crippen LogP contribution in [0.5, 0.6) is 0 Å². The molecule has 4 nitrogen and oxygen atoms in total. The first-order valence-corrected chi connectivity index (χ1v) is 5.78. The van der Waals surface area contributed by atoms with Gasteiger partial charge in [0.15, 0.2) is 0 Å². The molecule has 0 aromatic carbocycles. The lowest BCUT2D eigenvalue weighted by atomic mass is 10.1. The fourth-order valence-corrected chi connectivity index (χ4v) is 1.94. The third-order valence-electron chi connectivity index (χ3n) is 2.78. The van der Waals surface area contributed by atoms with Crippen molar-refractivity contribution >= 4 is 5.91 Å². The number of methoxy groups -OCH3 is 1. The van der Waals surface area contributed by atoms with E-state index in [0.717, 1.165) is 32.4 Å². The number of amides is 1. The molecule has 0 radical (unpaired) electrons. The van der Waals surface area contributed by atoms with Gasteiger partial charge in [0.25, 0.3) is 0 Å². The summed E-state index contributed by atoms with van der Waals surface area (Å²) in [5.41, 5.74) is 0. The molecular formula is C11H22N2O2. The van der Waals surface area contributed by atoms with E-state index in [1.807, 2.05) is 0 Å². The summed E-state index contributed by atoms with van der Waals surface area (Å²) in [4.78, 5) is 11.8. The van der Waals surface area contributed by atoms with Crippen molar-refractivity contribution in [3.8, 4) is 0 Å². The molecule has 0 bridgehead atoms. The molecule has 1 saturated heterocycles. The Morgan fingerprint density at radius 1 is 1.67 bits per heavy atom. The van der Waals surface area contributed by atoms with Crippen LogP contribution in [-0.4, -0.2) is 38.8 Å². The van der Waals surface area contributed by atoms with Crippen molar-refractivity contribution in [1.29, 1.82) is 0 Å². The summed E-state index contributed by atoms with van der Waals surface area (Å²) in [7, 11) is 1.67. The van der Waals surface area contributed by atoms with Crippen LogP contribution in [0, 0.1) is 5.92 Å². The highest BCUT2D eigenvalue weighted by molar-refractivity contribution is 5.79. The zero-order valence-electron chi connectivity index (χ0n) is 9.71. The zero-order valence-corrected chi connectivity index (χ0v) is 9.71. The molecule has 0 saturated carbocycles. The molecule has 1 amide bonds. The lowest BCUT2D eigenvalue weighted by Crippen LogP contribution is -2.41. The summed E-state index contributed by atoms with van der Waals surface area (Å²) < 4.78 is 5.09. The second-order valence-electron chi connectivity index (χ2n) is 4.14. The Kier molecular flexibility index (Phi) is 5.65. The molecule has 0 aromatic heterocycles. The van der Waals surface area contributed by atoms with Gasteiger partial charge in [-0.15, -0.1) is 0 Å². The van der Waals surface area contributed by atoms with Crippen LogP contribution < -0.4 is 10.6 Å². The lowest BCUT2D eigenvalue weighted by Gasteiger charge is -2.19. The number of hydrogen-bond acceptors (Lipinski definition) is 3. The summed E-state index contributed by atoms with van der Waals surface area (Å²) in [6.07, 6.45) is 3.01. The van der Waals surface area contributed by atoms with E-state index in [4.69, 9.17) is 4.74 Å². The maximum Gasteiger partial charge on any atom is 0.224 e. The van der Waals surface area contributed by atoms with Crippen LogP contribution in [0.25, 0.3) is 0 Å². The van der Waals surface area contributed by atoms with Gasteiger partial charge in [0.2, 0.25) is 5.91 Å². The van der Waals surface area contributed by atoms with Gasteiger partial charge < -0.3 is 15.4 Å². The van der Waals surface area contributed by atoms with Gasteiger partial charge in [-0.3, -0.25) is 4.79 Å². The van der Waals surface area contributed by atoms with Crippen molar-refractivity contribution in [2.45, 2.75) is 32.2 Å². The Morgan fingerprint density at radius 3 is 3.00 bits per heavy atom. The van der Waals surface area contributed by atoms with Crippen molar-refractivity contribution in [2.75, 3.05) is 26.8 Å². The van der Waals surface area contributed by atoms with Crippen molar-refractivity contribution < 1.29 is 9.53 Å². The van der Waals surface area contributed by atoms with Gasteiger partial charge in [-0.05, 0) is 19.4 Å². The number of carbonyl (C=O) groups excluding carboxylic acids is 1. The highest BCUT2D eigenvalue weighted by atomic mass is 16.5. The van der Waals surface area contributed by atoms with Crippen LogP contribution >= 0.6 is 0 Å². The van der Waals surface area contributed by atoms with E-state index in [0.29, 0.717) is 6.61 Å². The predicted octanol–water partition coefficient (Wildman–Crippen LogP) is 0.527. The van der Waals surface area contributed by atoms with Gasteiger partial charge in [-0.2, -0.15) is 0 Å². The summed E-state index contributed by atoms with van der Waals surface area (Å²) in [6, 6.07) is 0.174. The largest absolute Gasteiger partial charge is 0.383 e. The summed E-state index contributed by atoms with van der Waals surface area (Å²) in [6.45, 7) is 4.50. The summed E-state index contributed by atoms with van der Waals surface area (Å²) in [5.74, 6) is 0.330. The molecular weight excluding hydrogens is 192 g/mol.